The molecule has 1 aromatic heterocycles. The predicted molar refractivity (Wildman–Crippen MR) is 84.6 cm³/mol. The molecule has 1 aliphatic carbocycles. The van der Waals surface area contributed by atoms with Crippen molar-refractivity contribution < 1.29 is 9.53 Å². The van der Waals surface area contributed by atoms with Crippen LogP contribution in [0.15, 0.2) is 11.6 Å². The van der Waals surface area contributed by atoms with Crippen LogP contribution in [0, 0.1) is 5.92 Å². The Kier molecular flexibility index (Phi) is 3.33. The smallest absolute Gasteiger partial charge is 0.225 e. The normalized spacial score (nSPS) is 26.9. The quantitative estimate of drug-likeness (QED) is 0.851. The summed E-state index contributed by atoms with van der Waals surface area (Å²) in [5.74, 6) is 0.631. The summed E-state index contributed by atoms with van der Waals surface area (Å²) in [5, 5.41) is 3.16. The first-order valence-corrected chi connectivity index (χ1v) is 8.92. The number of ether oxygens (including phenoxy) is 1. The average Bonchev–Trinajstić information content (AvgIpc) is 3.13. The van der Waals surface area contributed by atoms with E-state index in [0.29, 0.717) is 5.91 Å². The molecule has 0 N–H and O–H groups in total. The van der Waals surface area contributed by atoms with Gasteiger partial charge in [0.15, 0.2) is 0 Å². The molecule has 2 saturated heterocycles. The first-order valence-electron chi connectivity index (χ1n) is 8.05. The highest BCUT2D eigenvalue weighted by Gasteiger charge is 2.53. The monoisotopic (exact) mass is 321 g/mol. The van der Waals surface area contributed by atoms with Gasteiger partial charge in [0.2, 0.25) is 5.91 Å². The van der Waals surface area contributed by atoms with E-state index in [1.165, 1.54) is 0 Å². The van der Waals surface area contributed by atoms with Crippen molar-refractivity contribution in [3.05, 3.63) is 16.6 Å². The van der Waals surface area contributed by atoms with Crippen molar-refractivity contribution in [2.75, 3.05) is 26.2 Å². The SMILES string of the molecule is CC1(C)CN(C(=O)C2CC2)CC2(CN(Cc3nccs3)C2)O1. The van der Waals surface area contributed by atoms with E-state index in [9.17, 15) is 4.79 Å². The molecule has 5 nitrogen and oxygen atoms in total. The molecule has 0 bridgehead atoms. The highest BCUT2D eigenvalue weighted by Crippen LogP contribution is 2.39. The van der Waals surface area contributed by atoms with Gasteiger partial charge in [0, 0.05) is 37.1 Å². The standard InChI is InChI=1S/C16H23N3O2S/c1-15(2)8-19(14(20)12-3-4-12)11-16(21-15)9-18(10-16)7-13-17-5-6-22-13/h5-6,12H,3-4,7-11H2,1-2H3. The third-order valence-corrected chi connectivity index (χ3v) is 5.41. The Hall–Kier alpha value is -0.980. The van der Waals surface area contributed by atoms with E-state index in [2.05, 4.69) is 28.6 Å². The fraction of sp³-hybridized carbons (Fsp3) is 0.750. The number of hydrogen-bond acceptors (Lipinski definition) is 5. The number of thiazole rings is 1. The van der Waals surface area contributed by atoms with Gasteiger partial charge >= 0.3 is 0 Å². The van der Waals surface area contributed by atoms with Crippen molar-refractivity contribution in [2.24, 2.45) is 5.92 Å². The molecule has 2 aliphatic heterocycles. The zero-order valence-electron chi connectivity index (χ0n) is 13.2. The lowest BCUT2D eigenvalue weighted by molar-refractivity contribution is -0.247. The zero-order chi connectivity index (χ0) is 15.4. The Morgan fingerprint density at radius 3 is 2.77 bits per heavy atom. The van der Waals surface area contributed by atoms with Crippen LogP contribution in [0.1, 0.15) is 31.7 Å². The zero-order valence-corrected chi connectivity index (χ0v) is 14.1. The second kappa shape index (κ2) is 5.01. The van der Waals surface area contributed by atoms with Crippen LogP contribution in [0.25, 0.3) is 0 Å². The maximum absolute atomic E-state index is 12.5. The maximum atomic E-state index is 12.5. The van der Waals surface area contributed by atoms with Gasteiger partial charge < -0.3 is 9.64 Å². The van der Waals surface area contributed by atoms with Gasteiger partial charge in [-0.15, -0.1) is 11.3 Å². The molecule has 1 amide bonds. The number of morpholine rings is 1. The lowest BCUT2D eigenvalue weighted by atomic mass is 9.88. The second-order valence-corrected chi connectivity index (χ2v) is 8.56. The second-order valence-electron chi connectivity index (χ2n) is 7.58. The molecule has 22 heavy (non-hydrogen) atoms. The van der Waals surface area contributed by atoms with E-state index < -0.39 is 0 Å². The Labute approximate surface area is 135 Å². The number of amides is 1. The van der Waals surface area contributed by atoms with Gasteiger partial charge in [-0.1, -0.05) is 0 Å². The van der Waals surface area contributed by atoms with Crippen LogP contribution in [0.5, 0.6) is 0 Å². The van der Waals surface area contributed by atoms with Gasteiger partial charge in [-0.3, -0.25) is 9.69 Å². The molecule has 0 unspecified atom stereocenters. The molecular weight excluding hydrogens is 298 g/mol. The lowest BCUT2D eigenvalue weighted by Crippen LogP contribution is -2.73. The number of carbonyl (C=O) groups is 1. The van der Waals surface area contributed by atoms with Crippen LogP contribution in [0.3, 0.4) is 0 Å². The Bertz CT molecular complexity index is 562. The minimum absolute atomic E-state index is 0.177. The van der Waals surface area contributed by atoms with Crippen LogP contribution in [-0.4, -0.2) is 58.1 Å². The van der Waals surface area contributed by atoms with Crippen LogP contribution in [0.4, 0.5) is 0 Å². The van der Waals surface area contributed by atoms with E-state index in [4.69, 9.17) is 4.74 Å². The molecule has 0 atom stereocenters. The Balaban J connectivity index is 1.42. The maximum Gasteiger partial charge on any atom is 0.225 e. The van der Waals surface area contributed by atoms with Crippen LogP contribution >= 0.6 is 11.3 Å². The Morgan fingerprint density at radius 2 is 2.14 bits per heavy atom. The van der Waals surface area contributed by atoms with Crippen molar-refractivity contribution in [3.8, 4) is 0 Å². The number of carbonyl (C=O) groups excluding carboxylic acids is 1. The first kappa shape index (κ1) is 14.6. The van der Waals surface area contributed by atoms with Crippen molar-refractivity contribution in [2.45, 2.75) is 44.4 Å². The van der Waals surface area contributed by atoms with E-state index in [1.807, 2.05) is 11.6 Å². The van der Waals surface area contributed by atoms with Crippen molar-refractivity contribution in [1.29, 1.82) is 0 Å². The van der Waals surface area contributed by atoms with Gasteiger partial charge in [-0.05, 0) is 26.7 Å². The molecule has 120 valence electrons. The largest absolute Gasteiger partial charge is 0.363 e. The highest BCUT2D eigenvalue weighted by atomic mass is 32.1. The molecule has 1 aromatic rings. The number of rotatable bonds is 3. The number of likely N-dealkylation sites (tertiary alicyclic amines) is 1. The van der Waals surface area contributed by atoms with Gasteiger partial charge in [-0.2, -0.15) is 0 Å². The van der Waals surface area contributed by atoms with E-state index in [-0.39, 0.29) is 17.1 Å². The van der Waals surface area contributed by atoms with Crippen molar-refractivity contribution in [3.63, 3.8) is 0 Å². The molecule has 3 fully saturated rings. The molecule has 1 saturated carbocycles. The van der Waals surface area contributed by atoms with E-state index >= 15 is 0 Å². The summed E-state index contributed by atoms with van der Waals surface area (Å²) in [4.78, 5) is 21.2. The van der Waals surface area contributed by atoms with Gasteiger partial charge in [-0.25, -0.2) is 4.98 Å². The summed E-state index contributed by atoms with van der Waals surface area (Å²) in [7, 11) is 0. The summed E-state index contributed by atoms with van der Waals surface area (Å²) in [6.07, 6.45) is 3.99. The van der Waals surface area contributed by atoms with Crippen LogP contribution in [0.2, 0.25) is 0 Å². The minimum atomic E-state index is -0.254. The number of aromatic nitrogens is 1. The van der Waals surface area contributed by atoms with E-state index in [0.717, 1.165) is 50.6 Å². The molecule has 1 spiro atoms. The van der Waals surface area contributed by atoms with Crippen molar-refractivity contribution in [1.82, 2.24) is 14.8 Å². The van der Waals surface area contributed by atoms with Crippen LogP contribution < -0.4 is 0 Å². The van der Waals surface area contributed by atoms with Gasteiger partial charge in [0.25, 0.3) is 0 Å². The van der Waals surface area contributed by atoms with Crippen LogP contribution in [-0.2, 0) is 16.1 Å². The molecule has 3 heterocycles. The molecule has 0 aromatic carbocycles. The summed E-state index contributed by atoms with van der Waals surface area (Å²) in [5.41, 5.74) is -0.431. The summed E-state index contributed by atoms with van der Waals surface area (Å²) in [6.45, 7) is 8.35. The van der Waals surface area contributed by atoms with E-state index in [1.54, 1.807) is 11.3 Å². The molecular formula is C16H23N3O2S. The van der Waals surface area contributed by atoms with Gasteiger partial charge in [0.1, 0.15) is 10.6 Å². The highest BCUT2D eigenvalue weighted by molar-refractivity contribution is 7.09. The summed E-state index contributed by atoms with van der Waals surface area (Å²) in [6, 6.07) is 0. The van der Waals surface area contributed by atoms with Gasteiger partial charge in [0.05, 0.1) is 18.7 Å². The lowest BCUT2D eigenvalue weighted by Gasteiger charge is -2.58. The summed E-state index contributed by atoms with van der Waals surface area (Å²) >= 11 is 1.69. The fourth-order valence-corrected chi connectivity index (χ4v) is 4.48. The topological polar surface area (TPSA) is 45.7 Å². The number of nitrogens with zero attached hydrogens (tertiary/aromatic N) is 3. The molecule has 0 radical (unpaired) electrons. The molecule has 3 aliphatic rings. The summed E-state index contributed by atoms with van der Waals surface area (Å²) < 4.78 is 6.37. The fourth-order valence-electron chi connectivity index (χ4n) is 3.83. The molecule has 4 rings (SSSR count). The Morgan fingerprint density at radius 1 is 1.36 bits per heavy atom. The average molecular weight is 321 g/mol. The minimum Gasteiger partial charge on any atom is -0.363 e. The third kappa shape index (κ3) is 2.79. The first-order chi connectivity index (χ1) is 10.4. The molecule has 6 heteroatoms. The third-order valence-electron chi connectivity index (χ3n) is 4.65. The number of hydrogen-bond donors (Lipinski definition) is 0. The van der Waals surface area contributed by atoms with Crippen molar-refractivity contribution >= 4 is 17.2 Å². The predicted octanol–water partition coefficient (Wildman–Crippen LogP) is 1.74.